The number of benzene rings is 1. The standard InChI is InChI=1S/C18H25NO3S/c1-4-8-16(20)19-15(18(21)22-11-13(2)3)12-23-17(19)14-9-6-5-7-10-14/h5-7,9-10,13,15,17H,4,8,11-12H2,1-3H3/t15-,17+/m1/s1. The first-order valence-corrected chi connectivity index (χ1v) is 9.23. The second kappa shape index (κ2) is 8.39. The zero-order valence-corrected chi connectivity index (χ0v) is 14.8. The average molecular weight is 335 g/mol. The molecule has 1 aromatic carbocycles. The molecule has 4 nitrogen and oxygen atoms in total. The van der Waals surface area contributed by atoms with Gasteiger partial charge in [-0.2, -0.15) is 0 Å². The highest BCUT2D eigenvalue weighted by molar-refractivity contribution is 7.99. The van der Waals surface area contributed by atoms with E-state index in [9.17, 15) is 9.59 Å². The van der Waals surface area contributed by atoms with Gasteiger partial charge < -0.3 is 9.64 Å². The molecule has 0 aromatic heterocycles. The Morgan fingerprint density at radius 2 is 2.00 bits per heavy atom. The van der Waals surface area contributed by atoms with Crippen molar-refractivity contribution in [3.8, 4) is 0 Å². The number of ether oxygens (including phenoxy) is 1. The van der Waals surface area contributed by atoms with Crippen LogP contribution < -0.4 is 0 Å². The molecular weight excluding hydrogens is 310 g/mol. The third kappa shape index (κ3) is 4.50. The third-order valence-electron chi connectivity index (χ3n) is 3.67. The van der Waals surface area contributed by atoms with E-state index in [4.69, 9.17) is 4.74 Å². The fourth-order valence-corrected chi connectivity index (χ4v) is 3.99. The molecule has 1 fully saturated rings. The molecule has 0 N–H and O–H groups in total. The number of nitrogens with zero attached hydrogens (tertiary/aromatic N) is 1. The molecule has 1 aliphatic rings. The van der Waals surface area contributed by atoms with Gasteiger partial charge in [-0.05, 0) is 17.9 Å². The van der Waals surface area contributed by atoms with Crippen LogP contribution in [0.2, 0.25) is 0 Å². The maximum atomic E-state index is 12.6. The molecule has 126 valence electrons. The summed E-state index contributed by atoms with van der Waals surface area (Å²) in [5, 5.41) is -0.105. The van der Waals surface area contributed by atoms with E-state index in [1.165, 1.54) is 0 Å². The first-order chi connectivity index (χ1) is 11.0. The second-order valence-electron chi connectivity index (χ2n) is 6.19. The van der Waals surface area contributed by atoms with Crippen LogP contribution in [0.3, 0.4) is 0 Å². The maximum absolute atomic E-state index is 12.6. The van der Waals surface area contributed by atoms with E-state index in [0.29, 0.717) is 18.8 Å². The monoisotopic (exact) mass is 335 g/mol. The number of amides is 1. The van der Waals surface area contributed by atoms with Crippen molar-refractivity contribution in [3.63, 3.8) is 0 Å². The highest BCUT2D eigenvalue weighted by atomic mass is 32.2. The molecule has 0 spiro atoms. The number of rotatable bonds is 6. The van der Waals surface area contributed by atoms with Gasteiger partial charge in [0.2, 0.25) is 5.91 Å². The van der Waals surface area contributed by atoms with Crippen molar-refractivity contribution in [2.45, 2.75) is 45.0 Å². The molecule has 2 atom stereocenters. The number of thioether (sulfide) groups is 1. The molecule has 1 aliphatic heterocycles. The Morgan fingerprint density at radius 3 is 2.61 bits per heavy atom. The minimum absolute atomic E-state index is 0.0258. The topological polar surface area (TPSA) is 46.6 Å². The van der Waals surface area contributed by atoms with Gasteiger partial charge in [-0.25, -0.2) is 4.79 Å². The summed E-state index contributed by atoms with van der Waals surface area (Å²) in [6, 6.07) is 9.40. The first-order valence-electron chi connectivity index (χ1n) is 8.19. The summed E-state index contributed by atoms with van der Waals surface area (Å²) in [5.41, 5.74) is 1.06. The van der Waals surface area contributed by atoms with Crippen LogP contribution in [0.4, 0.5) is 0 Å². The van der Waals surface area contributed by atoms with E-state index in [1.54, 1.807) is 16.7 Å². The lowest BCUT2D eigenvalue weighted by molar-refractivity contribution is -0.155. The number of esters is 1. The number of hydrogen-bond acceptors (Lipinski definition) is 4. The van der Waals surface area contributed by atoms with Crippen LogP contribution in [-0.2, 0) is 14.3 Å². The quantitative estimate of drug-likeness (QED) is 0.745. The fourth-order valence-electron chi connectivity index (χ4n) is 2.55. The molecule has 0 unspecified atom stereocenters. The molecule has 0 radical (unpaired) electrons. The number of carbonyl (C=O) groups excluding carboxylic acids is 2. The van der Waals surface area contributed by atoms with Crippen molar-refractivity contribution < 1.29 is 14.3 Å². The highest BCUT2D eigenvalue weighted by Crippen LogP contribution is 2.42. The Kier molecular flexibility index (Phi) is 6.51. The van der Waals surface area contributed by atoms with Gasteiger partial charge in [-0.15, -0.1) is 11.8 Å². The molecule has 1 amide bonds. The first kappa shape index (κ1) is 17.9. The van der Waals surface area contributed by atoms with Crippen LogP contribution in [0.5, 0.6) is 0 Å². The molecular formula is C18H25NO3S. The lowest BCUT2D eigenvalue weighted by atomic mass is 10.1. The normalized spacial score (nSPS) is 20.8. The highest BCUT2D eigenvalue weighted by Gasteiger charge is 2.42. The molecule has 23 heavy (non-hydrogen) atoms. The van der Waals surface area contributed by atoms with Crippen molar-refractivity contribution in [1.82, 2.24) is 4.90 Å². The molecule has 0 aliphatic carbocycles. The van der Waals surface area contributed by atoms with Crippen molar-refractivity contribution in [1.29, 1.82) is 0 Å². The molecule has 0 bridgehead atoms. The molecule has 5 heteroatoms. The van der Waals surface area contributed by atoms with E-state index in [-0.39, 0.29) is 23.2 Å². The fraction of sp³-hybridized carbons (Fsp3) is 0.556. The molecule has 1 saturated heterocycles. The summed E-state index contributed by atoms with van der Waals surface area (Å²) in [6.07, 6.45) is 1.23. The van der Waals surface area contributed by atoms with E-state index in [0.717, 1.165) is 12.0 Å². The summed E-state index contributed by atoms with van der Waals surface area (Å²) in [5.74, 6) is 0.621. The number of hydrogen-bond donors (Lipinski definition) is 0. The molecule has 2 rings (SSSR count). The summed E-state index contributed by atoms with van der Waals surface area (Å²) in [6.45, 7) is 6.38. The zero-order valence-electron chi connectivity index (χ0n) is 14.0. The van der Waals surface area contributed by atoms with Gasteiger partial charge in [0.05, 0.1) is 6.61 Å². The van der Waals surface area contributed by atoms with Crippen LogP contribution in [0.1, 0.15) is 44.6 Å². The summed E-state index contributed by atoms with van der Waals surface area (Å²) >= 11 is 1.63. The summed E-state index contributed by atoms with van der Waals surface area (Å²) in [4.78, 5) is 26.7. The largest absolute Gasteiger partial charge is 0.464 e. The molecule has 0 saturated carbocycles. The van der Waals surface area contributed by atoms with E-state index < -0.39 is 6.04 Å². The zero-order chi connectivity index (χ0) is 16.8. The molecule has 1 aromatic rings. The summed E-state index contributed by atoms with van der Waals surface area (Å²) in [7, 11) is 0. The van der Waals surface area contributed by atoms with Gasteiger partial charge in [-0.3, -0.25) is 4.79 Å². The minimum atomic E-state index is -0.483. The van der Waals surface area contributed by atoms with Crippen LogP contribution in [-0.4, -0.2) is 35.2 Å². The van der Waals surface area contributed by atoms with Crippen LogP contribution in [0, 0.1) is 5.92 Å². The molecule has 1 heterocycles. The summed E-state index contributed by atoms with van der Waals surface area (Å²) < 4.78 is 5.38. The van der Waals surface area contributed by atoms with Crippen molar-refractivity contribution >= 4 is 23.6 Å². The van der Waals surface area contributed by atoms with E-state index in [2.05, 4.69) is 0 Å². The van der Waals surface area contributed by atoms with Gasteiger partial charge in [0.15, 0.2) is 0 Å². The van der Waals surface area contributed by atoms with Gasteiger partial charge in [-0.1, -0.05) is 51.1 Å². The Morgan fingerprint density at radius 1 is 1.30 bits per heavy atom. The second-order valence-corrected chi connectivity index (χ2v) is 7.30. The van der Waals surface area contributed by atoms with Crippen LogP contribution in [0.15, 0.2) is 30.3 Å². The smallest absolute Gasteiger partial charge is 0.329 e. The van der Waals surface area contributed by atoms with Gasteiger partial charge >= 0.3 is 5.97 Å². The van der Waals surface area contributed by atoms with Gasteiger partial charge in [0.25, 0.3) is 0 Å². The van der Waals surface area contributed by atoms with Crippen molar-refractivity contribution in [3.05, 3.63) is 35.9 Å². The maximum Gasteiger partial charge on any atom is 0.329 e. The lowest BCUT2D eigenvalue weighted by Gasteiger charge is -2.28. The van der Waals surface area contributed by atoms with Crippen molar-refractivity contribution in [2.24, 2.45) is 5.92 Å². The van der Waals surface area contributed by atoms with Crippen LogP contribution in [0.25, 0.3) is 0 Å². The predicted molar refractivity (Wildman–Crippen MR) is 93.0 cm³/mol. The Hall–Kier alpha value is -1.49. The Balaban J connectivity index is 2.18. The van der Waals surface area contributed by atoms with Crippen LogP contribution >= 0.6 is 11.8 Å². The van der Waals surface area contributed by atoms with Crippen molar-refractivity contribution in [2.75, 3.05) is 12.4 Å². The van der Waals surface area contributed by atoms with E-state index >= 15 is 0 Å². The SMILES string of the molecule is CCCC(=O)N1[C@@H](C(=O)OCC(C)C)CS[C@H]1c1ccccc1. The van der Waals surface area contributed by atoms with Gasteiger partial charge in [0.1, 0.15) is 11.4 Å². The minimum Gasteiger partial charge on any atom is -0.464 e. The average Bonchev–Trinajstić information content (AvgIpc) is 2.98. The van der Waals surface area contributed by atoms with E-state index in [1.807, 2.05) is 51.1 Å². The number of carbonyl (C=O) groups is 2. The Bertz CT molecular complexity index is 532. The Labute approximate surface area is 142 Å². The van der Waals surface area contributed by atoms with Gasteiger partial charge in [0, 0.05) is 12.2 Å². The predicted octanol–water partition coefficient (Wildman–Crippen LogP) is 3.63. The lowest BCUT2D eigenvalue weighted by Crippen LogP contribution is -2.44. The third-order valence-corrected chi connectivity index (χ3v) is 4.99.